The third-order valence-corrected chi connectivity index (χ3v) is 3.85. The average Bonchev–Trinajstić information content (AvgIpc) is 2.45. The van der Waals surface area contributed by atoms with E-state index in [9.17, 15) is 5.11 Å². The summed E-state index contributed by atoms with van der Waals surface area (Å²) in [6, 6.07) is 12.1. The third kappa shape index (κ3) is 2.65. The van der Waals surface area contributed by atoms with E-state index in [0.717, 1.165) is 24.5 Å². The first-order chi connectivity index (χ1) is 9.68. The summed E-state index contributed by atoms with van der Waals surface area (Å²) >= 11 is 0. The fraction of sp³-hybridized carbons (Fsp3) is 0.375. The first-order valence-electron chi connectivity index (χ1n) is 7.02. The molecule has 3 rings (SSSR count). The van der Waals surface area contributed by atoms with E-state index in [-0.39, 0.29) is 0 Å². The number of aliphatic hydroxyl groups is 1. The predicted octanol–water partition coefficient (Wildman–Crippen LogP) is 2.03. The molecule has 1 aromatic carbocycles. The van der Waals surface area contributed by atoms with Gasteiger partial charge >= 0.3 is 0 Å². The van der Waals surface area contributed by atoms with Crippen LogP contribution in [0.2, 0.25) is 0 Å². The maximum Gasteiger partial charge on any atom is 0.135 e. The molecule has 2 aromatic rings. The maximum atomic E-state index is 10.1. The van der Waals surface area contributed by atoms with E-state index in [4.69, 9.17) is 0 Å². The van der Waals surface area contributed by atoms with Crippen molar-refractivity contribution in [1.82, 2.24) is 9.97 Å². The minimum absolute atomic E-state index is 0.537. The second-order valence-corrected chi connectivity index (χ2v) is 5.43. The largest absolute Gasteiger partial charge is 0.386 e. The van der Waals surface area contributed by atoms with E-state index in [1.807, 2.05) is 31.2 Å². The lowest BCUT2D eigenvalue weighted by Gasteiger charge is -2.46. The molecule has 0 aliphatic carbocycles. The molecule has 1 aromatic heterocycles. The Balaban J connectivity index is 1.71. The van der Waals surface area contributed by atoms with Crippen LogP contribution in [0, 0.1) is 0 Å². The Morgan fingerprint density at radius 1 is 1.20 bits per heavy atom. The number of benzene rings is 1. The van der Waals surface area contributed by atoms with Gasteiger partial charge in [0, 0.05) is 25.7 Å². The summed E-state index contributed by atoms with van der Waals surface area (Å²) in [5.41, 5.74) is 0.670. The molecule has 2 heterocycles. The average molecular weight is 269 g/mol. The molecular formula is C16H19N3O. The van der Waals surface area contributed by atoms with Crippen LogP contribution in [0.25, 0.3) is 0 Å². The number of anilines is 1. The highest BCUT2D eigenvalue weighted by molar-refractivity contribution is 5.43. The molecule has 0 amide bonds. The highest BCUT2D eigenvalue weighted by Gasteiger charge is 2.40. The maximum absolute atomic E-state index is 10.1. The molecule has 0 saturated carbocycles. The van der Waals surface area contributed by atoms with E-state index in [0.29, 0.717) is 13.1 Å². The summed E-state index contributed by atoms with van der Waals surface area (Å²) < 4.78 is 0. The molecule has 20 heavy (non-hydrogen) atoms. The molecule has 0 atom stereocenters. The van der Waals surface area contributed by atoms with Crippen LogP contribution in [0.3, 0.4) is 0 Å². The standard InChI is InChI=1S/C16H19N3O/c1-2-16(20)11-19(12-16)15-8-9-17-14(18-15)10-13-6-4-3-5-7-13/h3-9,20H,2,10-12H2,1H3. The Labute approximate surface area is 119 Å². The molecule has 0 spiro atoms. The predicted molar refractivity (Wildman–Crippen MR) is 78.7 cm³/mol. The van der Waals surface area contributed by atoms with E-state index >= 15 is 0 Å². The molecule has 1 saturated heterocycles. The monoisotopic (exact) mass is 269 g/mol. The minimum Gasteiger partial charge on any atom is -0.386 e. The van der Waals surface area contributed by atoms with Gasteiger partial charge in [-0.1, -0.05) is 37.3 Å². The number of hydrogen-bond donors (Lipinski definition) is 1. The summed E-state index contributed by atoms with van der Waals surface area (Å²) in [5.74, 6) is 1.73. The first-order valence-corrected chi connectivity index (χ1v) is 7.02. The van der Waals surface area contributed by atoms with Gasteiger partial charge in [-0.15, -0.1) is 0 Å². The highest BCUT2D eigenvalue weighted by Crippen LogP contribution is 2.28. The van der Waals surface area contributed by atoms with Gasteiger partial charge in [-0.2, -0.15) is 0 Å². The summed E-state index contributed by atoms with van der Waals surface area (Å²) in [7, 11) is 0. The number of nitrogens with zero attached hydrogens (tertiary/aromatic N) is 3. The molecule has 4 heteroatoms. The van der Waals surface area contributed by atoms with Crippen molar-refractivity contribution in [2.45, 2.75) is 25.4 Å². The van der Waals surface area contributed by atoms with Gasteiger partial charge in [0.25, 0.3) is 0 Å². The molecule has 1 N–H and O–H groups in total. The van der Waals surface area contributed by atoms with Crippen LogP contribution < -0.4 is 4.90 Å². The van der Waals surface area contributed by atoms with Gasteiger partial charge in [0.05, 0.1) is 5.60 Å². The zero-order valence-electron chi connectivity index (χ0n) is 11.7. The van der Waals surface area contributed by atoms with Crippen molar-refractivity contribution in [1.29, 1.82) is 0 Å². The van der Waals surface area contributed by atoms with E-state index in [2.05, 4.69) is 27.0 Å². The van der Waals surface area contributed by atoms with Crippen molar-refractivity contribution in [2.24, 2.45) is 0 Å². The molecule has 1 aliphatic rings. The van der Waals surface area contributed by atoms with Crippen molar-refractivity contribution >= 4 is 5.82 Å². The minimum atomic E-state index is -0.537. The molecule has 1 fully saturated rings. The van der Waals surface area contributed by atoms with Gasteiger partial charge in [0.2, 0.25) is 0 Å². The van der Waals surface area contributed by atoms with Crippen LogP contribution in [0.4, 0.5) is 5.82 Å². The second-order valence-electron chi connectivity index (χ2n) is 5.43. The van der Waals surface area contributed by atoms with Gasteiger partial charge in [-0.25, -0.2) is 9.97 Å². The van der Waals surface area contributed by atoms with Crippen LogP contribution in [0.5, 0.6) is 0 Å². The molecule has 104 valence electrons. The fourth-order valence-electron chi connectivity index (χ4n) is 2.48. The molecule has 0 bridgehead atoms. The fourth-order valence-corrected chi connectivity index (χ4v) is 2.48. The number of aromatic nitrogens is 2. The van der Waals surface area contributed by atoms with Gasteiger partial charge in [-0.3, -0.25) is 0 Å². The molecule has 1 aliphatic heterocycles. The van der Waals surface area contributed by atoms with Gasteiger partial charge in [0.1, 0.15) is 11.6 Å². The van der Waals surface area contributed by atoms with Crippen LogP contribution >= 0.6 is 0 Å². The molecular weight excluding hydrogens is 250 g/mol. The Kier molecular flexibility index (Phi) is 3.40. The number of β-amino-alcohol motifs (C(OH)–C–C–N with tert-alkyl or cyclic N) is 1. The van der Waals surface area contributed by atoms with Crippen molar-refractivity contribution in [2.75, 3.05) is 18.0 Å². The summed E-state index contributed by atoms with van der Waals surface area (Å²) in [5, 5.41) is 10.1. The smallest absolute Gasteiger partial charge is 0.135 e. The van der Waals surface area contributed by atoms with Crippen molar-refractivity contribution < 1.29 is 5.11 Å². The van der Waals surface area contributed by atoms with Crippen LogP contribution in [0.15, 0.2) is 42.6 Å². The van der Waals surface area contributed by atoms with Crippen LogP contribution in [0.1, 0.15) is 24.7 Å². The van der Waals surface area contributed by atoms with Crippen LogP contribution in [-0.2, 0) is 6.42 Å². The van der Waals surface area contributed by atoms with E-state index < -0.39 is 5.60 Å². The Bertz CT molecular complexity index is 579. The molecule has 0 radical (unpaired) electrons. The van der Waals surface area contributed by atoms with Crippen LogP contribution in [-0.4, -0.2) is 33.8 Å². The summed E-state index contributed by atoms with van der Waals surface area (Å²) in [4.78, 5) is 11.0. The quantitative estimate of drug-likeness (QED) is 0.922. The normalized spacial score (nSPS) is 16.8. The number of rotatable bonds is 4. The van der Waals surface area contributed by atoms with E-state index in [1.54, 1.807) is 6.20 Å². The van der Waals surface area contributed by atoms with Gasteiger partial charge < -0.3 is 10.0 Å². The summed E-state index contributed by atoms with van der Waals surface area (Å²) in [6.07, 6.45) is 3.32. The zero-order valence-corrected chi connectivity index (χ0v) is 11.7. The Morgan fingerprint density at radius 2 is 1.95 bits per heavy atom. The van der Waals surface area contributed by atoms with Gasteiger partial charge in [-0.05, 0) is 18.1 Å². The first kappa shape index (κ1) is 13.1. The topological polar surface area (TPSA) is 49.2 Å². The summed E-state index contributed by atoms with van der Waals surface area (Å²) in [6.45, 7) is 3.33. The van der Waals surface area contributed by atoms with Crippen molar-refractivity contribution in [3.8, 4) is 0 Å². The number of hydrogen-bond acceptors (Lipinski definition) is 4. The zero-order chi connectivity index (χ0) is 14.0. The lowest BCUT2D eigenvalue weighted by molar-refractivity contribution is 0.00803. The van der Waals surface area contributed by atoms with E-state index in [1.165, 1.54) is 5.56 Å². The third-order valence-electron chi connectivity index (χ3n) is 3.85. The van der Waals surface area contributed by atoms with Crippen molar-refractivity contribution in [3.63, 3.8) is 0 Å². The molecule has 0 unspecified atom stereocenters. The van der Waals surface area contributed by atoms with Gasteiger partial charge in [0.15, 0.2) is 0 Å². The SMILES string of the molecule is CCC1(O)CN(c2ccnc(Cc3ccccc3)n2)C1. The Hall–Kier alpha value is -1.94. The highest BCUT2D eigenvalue weighted by atomic mass is 16.3. The lowest BCUT2D eigenvalue weighted by Crippen LogP contribution is -2.61. The second kappa shape index (κ2) is 5.21. The molecule has 4 nitrogen and oxygen atoms in total. The lowest BCUT2D eigenvalue weighted by atomic mass is 9.91. The Morgan fingerprint density at radius 3 is 2.65 bits per heavy atom. The van der Waals surface area contributed by atoms with Crippen molar-refractivity contribution in [3.05, 3.63) is 54.0 Å².